The first kappa shape index (κ1) is 15.5. The van der Waals surface area contributed by atoms with Crippen molar-refractivity contribution in [2.75, 3.05) is 13.1 Å². The molecule has 1 saturated heterocycles. The number of rotatable bonds is 3. The largest absolute Gasteiger partial charge is 0.444 e. The minimum Gasteiger partial charge on any atom is -0.444 e. The zero-order chi connectivity index (χ0) is 16.4. The predicted octanol–water partition coefficient (Wildman–Crippen LogP) is 3.13. The molecule has 0 bridgehead atoms. The van der Waals surface area contributed by atoms with Gasteiger partial charge in [0.1, 0.15) is 11.6 Å². The fourth-order valence-corrected chi connectivity index (χ4v) is 2.83. The van der Waals surface area contributed by atoms with E-state index < -0.39 is 0 Å². The maximum atomic E-state index is 13.0. The van der Waals surface area contributed by atoms with Crippen LogP contribution in [0.25, 0.3) is 0 Å². The van der Waals surface area contributed by atoms with Gasteiger partial charge in [-0.15, -0.1) is 0 Å². The van der Waals surface area contributed by atoms with E-state index in [1.165, 1.54) is 12.1 Å². The molecule has 6 heteroatoms. The molecule has 2 amide bonds. The Kier molecular flexibility index (Phi) is 4.32. The van der Waals surface area contributed by atoms with Gasteiger partial charge in [0.15, 0.2) is 0 Å². The highest BCUT2D eigenvalue weighted by atomic mass is 19.1. The average Bonchev–Trinajstić information content (AvgIpc) is 3.13. The second-order valence-corrected chi connectivity index (χ2v) is 5.89. The van der Waals surface area contributed by atoms with Crippen LogP contribution in [0.5, 0.6) is 0 Å². The van der Waals surface area contributed by atoms with Gasteiger partial charge in [0.05, 0.1) is 12.2 Å². The third-order valence-electron chi connectivity index (χ3n) is 4.28. The molecular formula is C17H20FN3O2. The smallest absolute Gasteiger partial charge is 0.317 e. The van der Waals surface area contributed by atoms with Gasteiger partial charge in [-0.25, -0.2) is 14.2 Å². The van der Waals surface area contributed by atoms with Crippen molar-refractivity contribution in [3.63, 3.8) is 0 Å². The Labute approximate surface area is 134 Å². The summed E-state index contributed by atoms with van der Waals surface area (Å²) in [5, 5.41) is 2.83. The topological polar surface area (TPSA) is 58.4 Å². The van der Waals surface area contributed by atoms with Gasteiger partial charge in [0, 0.05) is 19.0 Å². The van der Waals surface area contributed by atoms with E-state index in [2.05, 4.69) is 10.3 Å². The highest BCUT2D eigenvalue weighted by Gasteiger charge is 2.27. The zero-order valence-electron chi connectivity index (χ0n) is 13.3. The normalized spacial score (nSPS) is 17.5. The summed E-state index contributed by atoms with van der Waals surface area (Å²) in [5.74, 6) is 1.31. The van der Waals surface area contributed by atoms with Crippen LogP contribution in [-0.2, 0) is 6.54 Å². The molecule has 0 spiro atoms. The first-order chi connectivity index (χ1) is 11.0. The number of benzene rings is 1. The van der Waals surface area contributed by atoms with E-state index in [0.717, 1.165) is 23.4 Å². The maximum absolute atomic E-state index is 13.0. The number of halogens is 1. The van der Waals surface area contributed by atoms with Crippen molar-refractivity contribution >= 4 is 6.03 Å². The fourth-order valence-electron chi connectivity index (χ4n) is 2.83. The number of aryl methyl sites for hydroxylation is 2. The van der Waals surface area contributed by atoms with Gasteiger partial charge < -0.3 is 14.6 Å². The van der Waals surface area contributed by atoms with Crippen molar-refractivity contribution in [2.24, 2.45) is 0 Å². The molecule has 1 fully saturated rings. The van der Waals surface area contributed by atoms with Crippen LogP contribution in [0.15, 0.2) is 28.7 Å². The second kappa shape index (κ2) is 6.40. The van der Waals surface area contributed by atoms with Crippen LogP contribution in [-0.4, -0.2) is 29.0 Å². The van der Waals surface area contributed by atoms with Crippen molar-refractivity contribution < 1.29 is 13.6 Å². The van der Waals surface area contributed by atoms with Crippen LogP contribution in [0, 0.1) is 19.7 Å². The van der Waals surface area contributed by atoms with E-state index in [1.807, 2.05) is 13.8 Å². The third-order valence-corrected chi connectivity index (χ3v) is 4.28. The summed E-state index contributed by atoms with van der Waals surface area (Å²) < 4.78 is 18.4. The lowest BCUT2D eigenvalue weighted by molar-refractivity contribution is 0.206. The number of hydrogen-bond donors (Lipinski definition) is 1. The number of aromatic nitrogens is 1. The summed E-state index contributed by atoms with van der Waals surface area (Å²) >= 11 is 0. The summed E-state index contributed by atoms with van der Waals surface area (Å²) in [6.45, 7) is 5.34. The van der Waals surface area contributed by atoms with E-state index in [1.54, 1.807) is 17.0 Å². The zero-order valence-corrected chi connectivity index (χ0v) is 13.3. The molecule has 0 unspecified atom stereocenters. The summed E-state index contributed by atoms with van der Waals surface area (Å²) in [5.41, 5.74) is 1.91. The van der Waals surface area contributed by atoms with E-state index in [0.29, 0.717) is 19.0 Å². The Morgan fingerprint density at radius 2 is 2.13 bits per heavy atom. The standard InChI is InChI=1S/C17H20FN3O2/c1-11-12(2)23-16(20-11)9-19-17(22)21-8-7-14(10-21)13-3-5-15(18)6-4-13/h3-6,14H,7-10H2,1-2H3,(H,19,22)/t14-/m0/s1. The SMILES string of the molecule is Cc1nc(CNC(=O)N2CC[C@H](c3ccc(F)cc3)C2)oc1C. The van der Waals surface area contributed by atoms with Crippen molar-refractivity contribution in [2.45, 2.75) is 32.7 Å². The van der Waals surface area contributed by atoms with E-state index in [9.17, 15) is 9.18 Å². The van der Waals surface area contributed by atoms with Crippen molar-refractivity contribution in [3.05, 3.63) is 53.0 Å². The van der Waals surface area contributed by atoms with E-state index in [-0.39, 0.29) is 24.3 Å². The van der Waals surface area contributed by atoms with Crippen LogP contribution in [0.4, 0.5) is 9.18 Å². The monoisotopic (exact) mass is 317 g/mol. The lowest BCUT2D eigenvalue weighted by Crippen LogP contribution is -2.38. The van der Waals surface area contributed by atoms with Gasteiger partial charge in [-0.05, 0) is 38.0 Å². The molecule has 0 saturated carbocycles. The molecule has 3 rings (SSSR count). The number of likely N-dealkylation sites (tertiary alicyclic amines) is 1. The van der Waals surface area contributed by atoms with Crippen molar-refractivity contribution in [3.8, 4) is 0 Å². The van der Waals surface area contributed by atoms with Gasteiger partial charge in [-0.1, -0.05) is 12.1 Å². The fraction of sp³-hybridized carbons (Fsp3) is 0.412. The summed E-state index contributed by atoms with van der Waals surface area (Å²) in [7, 11) is 0. The Hall–Kier alpha value is -2.37. The molecular weight excluding hydrogens is 297 g/mol. The molecule has 2 heterocycles. The molecule has 1 aromatic carbocycles. The number of amides is 2. The number of hydrogen-bond acceptors (Lipinski definition) is 3. The Bertz CT molecular complexity index is 677. The van der Waals surface area contributed by atoms with Gasteiger partial charge in [0.25, 0.3) is 0 Å². The van der Waals surface area contributed by atoms with E-state index >= 15 is 0 Å². The molecule has 0 radical (unpaired) electrons. The average molecular weight is 317 g/mol. The number of carbonyl (C=O) groups excluding carboxylic acids is 1. The number of carbonyl (C=O) groups is 1. The van der Waals surface area contributed by atoms with Gasteiger partial charge >= 0.3 is 6.03 Å². The molecule has 122 valence electrons. The summed E-state index contributed by atoms with van der Waals surface area (Å²) in [4.78, 5) is 18.2. The molecule has 1 aliphatic rings. The molecule has 1 atom stereocenters. The van der Waals surface area contributed by atoms with Gasteiger partial charge in [-0.2, -0.15) is 0 Å². The van der Waals surface area contributed by atoms with E-state index in [4.69, 9.17) is 4.42 Å². The lowest BCUT2D eigenvalue weighted by Gasteiger charge is -2.17. The number of oxazole rings is 1. The molecule has 0 aliphatic carbocycles. The molecule has 1 aromatic heterocycles. The van der Waals surface area contributed by atoms with Crippen LogP contribution in [0.2, 0.25) is 0 Å². The molecule has 2 aromatic rings. The Balaban J connectivity index is 1.54. The second-order valence-electron chi connectivity index (χ2n) is 5.89. The van der Waals surface area contributed by atoms with Crippen molar-refractivity contribution in [1.29, 1.82) is 0 Å². The third kappa shape index (κ3) is 3.52. The van der Waals surface area contributed by atoms with Gasteiger partial charge in [-0.3, -0.25) is 0 Å². The van der Waals surface area contributed by atoms with Crippen LogP contribution < -0.4 is 5.32 Å². The minimum atomic E-state index is -0.238. The molecule has 1 N–H and O–H groups in total. The highest BCUT2D eigenvalue weighted by molar-refractivity contribution is 5.74. The molecule has 1 aliphatic heterocycles. The first-order valence-electron chi connectivity index (χ1n) is 7.74. The number of nitrogens with one attached hydrogen (secondary N) is 1. The Morgan fingerprint density at radius 3 is 2.78 bits per heavy atom. The summed E-state index contributed by atoms with van der Waals surface area (Å²) in [6, 6.07) is 6.39. The van der Waals surface area contributed by atoms with Gasteiger partial charge in [0.2, 0.25) is 5.89 Å². The molecule has 5 nitrogen and oxygen atoms in total. The quantitative estimate of drug-likeness (QED) is 0.946. The van der Waals surface area contributed by atoms with Crippen LogP contribution in [0.1, 0.15) is 35.2 Å². The maximum Gasteiger partial charge on any atom is 0.317 e. The first-order valence-corrected chi connectivity index (χ1v) is 7.74. The van der Waals surface area contributed by atoms with Crippen LogP contribution >= 0.6 is 0 Å². The van der Waals surface area contributed by atoms with Crippen molar-refractivity contribution in [1.82, 2.24) is 15.2 Å². The molecule has 23 heavy (non-hydrogen) atoms. The summed E-state index contributed by atoms with van der Waals surface area (Å²) in [6.07, 6.45) is 0.885. The number of nitrogens with zero attached hydrogens (tertiary/aromatic N) is 2. The number of urea groups is 1. The predicted molar refractivity (Wildman–Crippen MR) is 83.5 cm³/mol. The van der Waals surface area contributed by atoms with Crippen LogP contribution in [0.3, 0.4) is 0 Å². The minimum absolute atomic E-state index is 0.122. The Morgan fingerprint density at radius 1 is 1.39 bits per heavy atom. The highest BCUT2D eigenvalue weighted by Crippen LogP contribution is 2.27. The lowest BCUT2D eigenvalue weighted by atomic mass is 9.99.